The maximum atomic E-state index is 12.5. The molecule has 0 bridgehead atoms. The maximum Gasteiger partial charge on any atom is 0.275 e. The number of aryl methyl sites for hydroxylation is 1. The molecule has 144 valence electrons. The number of anilines is 4. The van der Waals surface area contributed by atoms with Gasteiger partial charge in [-0.05, 0) is 43.3 Å². The second-order valence-electron chi connectivity index (χ2n) is 6.43. The lowest BCUT2D eigenvalue weighted by molar-refractivity contribution is 0.102. The van der Waals surface area contributed by atoms with E-state index in [1.165, 1.54) is 11.3 Å². The molecular formula is C20H21N5O2S. The molecule has 2 N–H and O–H groups in total. The second kappa shape index (κ2) is 8.37. The molecule has 7 nitrogen and oxygen atoms in total. The van der Waals surface area contributed by atoms with Crippen LogP contribution >= 0.6 is 11.3 Å². The zero-order valence-corrected chi connectivity index (χ0v) is 16.3. The number of nitrogens with one attached hydrogen (secondary N) is 2. The number of hydrogen-bond donors (Lipinski definition) is 2. The van der Waals surface area contributed by atoms with Crippen molar-refractivity contribution in [3.05, 3.63) is 59.2 Å². The zero-order valence-electron chi connectivity index (χ0n) is 15.5. The van der Waals surface area contributed by atoms with Crippen LogP contribution in [0.2, 0.25) is 0 Å². The predicted molar refractivity (Wildman–Crippen MR) is 112 cm³/mol. The summed E-state index contributed by atoms with van der Waals surface area (Å²) in [7, 11) is 0. The number of amides is 1. The minimum absolute atomic E-state index is 0.236. The third-order valence-electron chi connectivity index (χ3n) is 4.36. The molecule has 2 aromatic heterocycles. The number of pyridine rings is 1. The summed E-state index contributed by atoms with van der Waals surface area (Å²) in [6.07, 6.45) is 0. The van der Waals surface area contributed by atoms with E-state index in [-0.39, 0.29) is 5.91 Å². The summed E-state index contributed by atoms with van der Waals surface area (Å²) in [5.41, 5.74) is 3.16. The van der Waals surface area contributed by atoms with Gasteiger partial charge in [-0.3, -0.25) is 4.79 Å². The molecule has 1 aromatic carbocycles. The van der Waals surface area contributed by atoms with Crippen molar-refractivity contribution in [1.82, 2.24) is 9.97 Å². The van der Waals surface area contributed by atoms with E-state index in [2.05, 4.69) is 25.5 Å². The molecule has 4 rings (SSSR count). The summed E-state index contributed by atoms with van der Waals surface area (Å²) < 4.78 is 5.38. The lowest BCUT2D eigenvalue weighted by atomic mass is 10.2. The molecule has 0 radical (unpaired) electrons. The van der Waals surface area contributed by atoms with Crippen LogP contribution in [0.25, 0.3) is 0 Å². The maximum absolute atomic E-state index is 12.5. The molecular weight excluding hydrogens is 374 g/mol. The Hall–Kier alpha value is -2.97. The van der Waals surface area contributed by atoms with E-state index in [1.54, 1.807) is 5.38 Å². The fourth-order valence-electron chi connectivity index (χ4n) is 2.93. The van der Waals surface area contributed by atoms with Crippen molar-refractivity contribution in [3.8, 4) is 0 Å². The van der Waals surface area contributed by atoms with E-state index in [4.69, 9.17) is 4.74 Å². The summed E-state index contributed by atoms with van der Waals surface area (Å²) in [5, 5.41) is 8.38. The standard InChI is InChI=1S/C20H21N5O2S/c1-14-3-2-4-18(21-14)24-20-23-17(13-28-20)19(26)22-15-5-7-16(8-6-15)25-9-11-27-12-10-25/h2-8,13H,9-12H2,1H3,(H,22,26)(H,21,23,24). The number of carbonyl (C=O) groups excluding carboxylic acids is 1. The van der Waals surface area contributed by atoms with Crippen LogP contribution in [0.5, 0.6) is 0 Å². The van der Waals surface area contributed by atoms with Gasteiger partial charge >= 0.3 is 0 Å². The van der Waals surface area contributed by atoms with Crippen molar-refractivity contribution in [1.29, 1.82) is 0 Å². The fraction of sp³-hybridized carbons (Fsp3) is 0.250. The van der Waals surface area contributed by atoms with Crippen LogP contribution in [-0.4, -0.2) is 42.2 Å². The van der Waals surface area contributed by atoms with Gasteiger partial charge in [0.05, 0.1) is 13.2 Å². The van der Waals surface area contributed by atoms with Crippen LogP contribution in [0, 0.1) is 6.92 Å². The Kier molecular flexibility index (Phi) is 5.50. The molecule has 1 aliphatic rings. The van der Waals surface area contributed by atoms with E-state index in [0.29, 0.717) is 16.6 Å². The van der Waals surface area contributed by atoms with Gasteiger partial charge in [0.1, 0.15) is 11.5 Å². The smallest absolute Gasteiger partial charge is 0.275 e. The Bertz CT molecular complexity index is 951. The Morgan fingerprint density at radius 2 is 1.89 bits per heavy atom. The normalized spacial score (nSPS) is 14.0. The van der Waals surface area contributed by atoms with Crippen LogP contribution in [-0.2, 0) is 4.74 Å². The predicted octanol–water partition coefficient (Wildman–Crippen LogP) is 3.68. The molecule has 3 aromatic rings. The quantitative estimate of drug-likeness (QED) is 0.686. The number of rotatable bonds is 5. The first kappa shape index (κ1) is 18.4. The summed E-state index contributed by atoms with van der Waals surface area (Å²) in [6.45, 7) is 5.19. The van der Waals surface area contributed by atoms with Gasteiger partial charge in [-0.2, -0.15) is 0 Å². The highest BCUT2D eigenvalue weighted by Crippen LogP contribution is 2.22. The number of nitrogens with zero attached hydrogens (tertiary/aromatic N) is 3. The first-order valence-corrected chi connectivity index (χ1v) is 9.96. The van der Waals surface area contributed by atoms with Gasteiger partial charge in [0.2, 0.25) is 0 Å². The SMILES string of the molecule is Cc1cccc(Nc2nc(C(=O)Nc3ccc(N4CCOCC4)cc3)cs2)n1. The number of thiazole rings is 1. The minimum atomic E-state index is -0.236. The van der Waals surface area contributed by atoms with Crippen LogP contribution in [0.15, 0.2) is 47.8 Å². The highest BCUT2D eigenvalue weighted by molar-refractivity contribution is 7.14. The van der Waals surface area contributed by atoms with E-state index < -0.39 is 0 Å². The zero-order chi connectivity index (χ0) is 19.3. The third-order valence-corrected chi connectivity index (χ3v) is 5.12. The summed E-state index contributed by atoms with van der Waals surface area (Å²) in [5.74, 6) is 0.473. The van der Waals surface area contributed by atoms with E-state index in [9.17, 15) is 4.79 Å². The highest BCUT2D eigenvalue weighted by atomic mass is 32.1. The molecule has 0 unspecified atom stereocenters. The molecule has 0 saturated carbocycles. The summed E-state index contributed by atoms with van der Waals surface area (Å²) >= 11 is 1.37. The molecule has 1 fully saturated rings. The average Bonchev–Trinajstić information content (AvgIpc) is 3.18. The molecule has 1 aliphatic heterocycles. The largest absolute Gasteiger partial charge is 0.378 e. The summed E-state index contributed by atoms with van der Waals surface area (Å²) in [4.78, 5) is 23.5. The molecule has 0 aliphatic carbocycles. The molecule has 1 amide bonds. The van der Waals surface area contributed by atoms with Crippen LogP contribution in [0.1, 0.15) is 16.2 Å². The Morgan fingerprint density at radius 3 is 2.64 bits per heavy atom. The summed E-state index contributed by atoms with van der Waals surface area (Å²) in [6, 6.07) is 13.6. The first-order chi connectivity index (χ1) is 13.7. The van der Waals surface area contributed by atoms with Crippen LogP contribution in [0.3, 0.4) is 0 Å². The molecule has 1 saturated heterocycles. The van der Waals surface area contributed by atoms with Gasteiger partial charge in [0.25, 0.3) is 5.91 Å². The number of carbonyl (C=O) groups is 1. The molecule has 0 spiro atoms. The van der Waals surface area contributed by atoms with E-state index >= 15 is 0 Å². The van der Waals surface area contributed by atoms with Crippen molar-refractivity contribution in [2.24, 2.45) is 0 Å². The van der Waals surface area contributed by atoms with Crippen LogP contribution in [0.4, 0.5) is 22.3 Å². The number of ether oxygens (including phenoxy) is 1. The van der Waals surface area contributed by atoms with Crippen molar-refractivity contribution in [3.63, 3.8) is 0 Å². The van der Waals surface area contributed by atoms with Gasteiger partial charge in [-0.1, -0.05) is 6.07 Å². The molecule has 0 atom stereocenters. The van der Waals surface area contributed by atoms with Gasteiger partial charge in [0.15, 0.2) is 5.13 Å². The van der Waals surface area contributed by atoms with Crippen molar-refractivity contribution in [2.45, 2.75) is 6.92 Å². The number of benzene rings is 1. The fourth-order valence-corrected chi connectivity index (χ4v) is 3.63. The third kappa shape index (κ3) is 4.47. The van der Waals surface area contributed by atoms with Crippen molar-refractivity contribution < 1.29 is 9.53 Å². The van der Waals surface area contributed by atoms with Crippen molar-refractivity contribution >= 4 is 39.6 Å². The van der Waals surface area contributed by atoms with Gasteiger partial charge in [0, 0.05) is 35.5 Å². The van der Waals surface area contributed by atoms with Gasteiger partial charge in [-0.15, -0.1) is 11.3 Å². The van der Waals surface area contributed by atoms with E-state index in [1.807, 2.05) is 49.4 Å². The highest BCUT2D eigenvalue weighted by Gasteiger charge is 2.13. The van der Waals surface area contributed by atoms with Gasteiger partial charge < -0.3 is 20.3 Å². The average molecular weight is 395 g/mol. The van der Waals surface area contributed by atoms with Gasteiger partial charge in [-0.25, -0.2) is 9.97 Å². The van der Waals surface area contributed by atoms with E-state index in [0.717, 1.165) is 43.4 Å². The molecule has 3 heterocycles. The topological polar surface area (TPSA) is 79.4 Å². The van der Waals surface area contributed by atoms with Crippen LogP contribution < -0.4 is 15.5 Å². The first-order valence-electron chi connectivity index (χ1n) is 9.08. The monoisotopic (exact) mass is 395 g/mol. The Labute approximate surface area is 167 Å². The number of hydrogen-bond acceptors (Lipinski definition) is 7. The van der Waals surface area contributed by atoms with Crippen molar-refractivity contribution in [2.75, 3.05) is 41.8 Å². The second-order valence-corrected chi connectivity index (χ2v) is 7.29. The number of aromatic nitrogens is 2. The Morgan fingerprint density at radius 1 is 1.11 bits per heavy atom. The lowest BCUT2D eigenvalue weighted by Crippen LogP contribution is -2.36. The minimum Gasteiger partial charge on any atom is -0.378 e. The number of morpholine rings is 1. The molecule has 8 heteroatoms. The molecule has 28 heavy (non-hydrogen) atoms. The Balaban J connectivity index is 1.37. The lowest BCUT2D eigenvalue weighted by Gasteiger charge is -2.28.